The predicted octanol–water partition coefficient (Wildman–Crippen LogP) is 1.35. The third-order valence-corrected chi connectivity index (χ3v) is 4.26. The molecule has 1 aromatic carbocycles. The average molecular weight is 273 g/mol. The molecule has 5 nitrogen and oxygen atoms in total. The summed E-state index contributed by atoms with van der Waals surface area (Å²) in [4.78, 5) is 28.7. The van der Waals surface area contributed by atoms with Gasteiger partial charge in [0.25, 0.3) is 11.8 Å². The van der Waals surface area contributed by atoms with E-state index in [2.05, 4.69) is 11.9 Å². The van der Waals surface area contributed by atoms with Crippen LogP contribution in [0, 0.1) is 0 Å². The Bertz CT molecular complexity index is 570. The summed E-state index contributed by atoms with van der Waals surface area (Å²) in [5, 5.41) is 0. The highest BCUT2D eigenvalue weighted by atomic mass is 16.2. The number of nitrogens with zero attached hydrogens (tertiary/aromatic N) is 2. The molecule has 20 heavy (non-hydrogen) atoms. The fraction of sp³-hybridized carbons (Fsp3) is 0.467. The van der Waals surface area contributed by atoms with Gasteiger partial charge in [0.2, 0.25) is 0 Å². The van der Waals surface area contributed by atoms with Gasteiger partial charge in [0, 0.05) is 11.7 Å². The second-order valence-corrected chi connectivity index (χ2v) is 5.64. The average Bonchev–Trinajstić information content (AvgIpc) is 2.57. The first kappa shape index (κ1) is 13.1. The van der Waals surface area contributed by atoms with E-state index in [4.69, 9.17) is 5.73 Å². The quantitative estimate of drug-likeness (QED) is 0.619. The first-order chi connectivity index (χ1) is 9.59. The molecule has 3 rings (SSSR count). The van der Waals surface area contributed by atoms with Gasteiger partial charge in [-0.25, -0.2) is 0 Å². The van der Waals surface area contributed by atoms with Crippen LogP contribution in [0.25, 0.3) is 0 Å². The molecule has 1 saturated heterocycles. The minimum Gasteiger partial charge on any atom is -0.398 e. The molecule has 2 amide bonds. The van der Waals surface area contributed by atoms with E-state index in [1.807, 2.05) is 0 Å². The van der Waals surface area contributed by atoms with Gasteiger partial charge < -0.3 is 10.6 Å². The third-order valence-electron chi connectivity index (χ3n) is 4.26. The molecular formula is C15H19N3O2. The summed E-state index contributed by atoms with van der Waals surface area (Å²) in [6, 6.07) is 5.08. The fourth-order valence-electron chi connectivity index (χ4n) is 3.14. The number of carbonyl (C=O) groups is 2. The molecule has 2 aliphatic rings. The SMILES string of the molecule is CN1CCCC(N2C(=O)c3cccc(N)c3C2=O)CC1. The van der Waals surface area contributed by atoms with Crippen LogP contribution in [-0.4, -0.2) is 47.8 Å². The molecule has 1 unspecified atom stereocenters. The Hall–Kier alpha value is -1.88. The van der Waals surface area contributed by atoms with Crippen molar-refractivity contribution in [2.75, 3.05) is 25.9 Å². The van der Waals surface area contributed by atoms with Gasteiger partial charge in [-0.3, -0.25) is 14.5 Å². The molecule has 0 aromatic heterocycles. The lowest BCUT2D eigenvalue weighted by molar-refractivity contribution is 0.0571. The Morgan fingerprint density at radius 2 is 1.95 bits per heavy atom. The van der Waals surface area contributed by atoms with Gasteiger partial charge in [-0.1, -0.05) is 6.07 Å². The van der Waals surface area contributed by atoms with E-state index in [1.165, 1.54) is 4.90 Å². The molecule has 5 heteroatoms. The lowest BCUT2D eigenvalue weighted by Gasteiger charge is -2.24. The van der Waals surface area contributed by atoms with Crippen molar-refractivity contribution in [3.05, 3.63) is 29.3 Å². The zero-order chi connectivity index (χ0) is 14.3. The summed E-state index contributed by atoms with van der Waals surface area (Å²) >= 11 is 0. The number of imide groups is 1. The smallest absolute Gasteiger partial charge is 0.263 e. The second kappa shape index (κ2) is 4.90. The van der Waals surface area contributed by atoms with Crippen molar-refractivity contribution in [1.29, 1.82) is 0 Å². The number of nitrogens with two attached hydrogens (primary N) is 1. The summed E-state index contributed by atoms with van der Waals surface area (Å²) in [6.45, 7) is 1.93. The normalized spacial score (nSPS) is 23.9. The topological polar surface area (TPSA) is 66.6 Å². The number of likely N-dealkylation sites (tertiary alicyclic amines) is 1. The maximum Gasteiger partial charge on any atom is 0.263 e. The van der Waals surface area contributed by atoms with Crippen LogP contribution < -0.4 is 5.73 Å². The van der Waals surface area contributed by atoms with Gasteiger partial charge >= 0.3 is 0 Å². The predicted molar refractivity (Wildman–Crippen MR) is 76.5 cm³/mol. The van der Waals surface area contributed by atoms with Gasteiger partial charge in [-0.05, 0) is 51.5 Å². The monoisotopic (exact) mass is 273 g/mol. The molecule has 1 aromatic rings. The Morgan fingerprint density at radius 3 is 2.70 bits per heavy atom. The van der Waals surface area contributed by atoms with E-state index < -0.39 is 0 Å². The van der Waals surface area contributed by atoms with E-state index in [0.29, 0.717) is 16.8 Å². The molecule has 0 bridgehead atoms. The number of benzene rings is 1. The van der Waals surface area contributed by atoms with Gasteiger partial charge in [0.1, 0.15) is 0 Å². The number of hydrogen-bond acceptors (Lipinski definition) is 4. The summed E-state index contributed by atoms with van der Waals surface area (Å²) in [7, 11) is 2.07. The summed E-state index contributed by atoms with van der Waals surface area (Å²) < 4.78 is 0. The maximum absolute atomic E-state index is 12.5. The van der Waals surface area contributed by atoms with Crippen molar-refractivity contribution in [2.45, 2.75) is 25.3 Å². The number of amides is 2. The molecule has 0 aliphatic carbocycles. The van der Waals surface area contributed by atoms with Crippen molar-refractivity contribution < 1.29 is 9.59 Å². The highest BCUT2D eigenvalue weighted by molar-refractivity contribution is 6.23. The van der Waals surface area contributed by atoms with Crippen LogP contribution in [0.4, 0.5) is 5.69 Å². The van der Waals surface area contributed by atoms with Crippen molar-refractivity contribution in [3.8, 4) is 0 Å². The van der Waals surface area contributed by atoms with Crippen molar-refractivity contribution in [2.24, 2.45) is 0 Å². The summed E-state index contributed by atoms with van der Waals surface area (Å²) in [6.07, 6.45) is 2.71. The van der Waals surface area contributed by atoms with Crippen LogP contribution in [-0.2, 0) is 0 Å². The van der Waals surface area contributed by atoms with Crippen LogP contribution in [0.15, 0.2) is 18.2 Å². The van der Waals surface area contributed by atoms with E-state index in [-0.39, 0.29) is 17.9 Å². The zero-order valence-electron chi connectivity index (χ0n) is 11.6. The van der Waals surface area contributed by atoms with Gasteiger partial charge in [0.05, 0.1) is 11.1 Å². The van der Waals surface area contributed by atoms with Crippen molar-refractivity contribution >= 4 is 17.5 Å². The molecule has 1 atom stereocenters. The number of fused-ring (bicyclic) bond motifs is 1. The minimum atomic E-state index is -0.224. The molecule has 1 fully saturated rings. The highest BCUT2D eigenvalue weighted by Gasteiger charge is 2.41. The Labute approximate surface area is 118 Å². The maximum atomic E-state index is 12.5. The number of hydrogen-bond donors (Lipinski definition) is 1. The molecule has 0 saturated carbocycles. The van der Waals surface area contributed by atoms with Crippen LogP contribution in [0.2, 0.25) is 0 Å². The molecule has 2 aliphatic heterocycles. The van der Waals surface area contributed by atoms with Crippen LogP contribution in [0.5, 0.6) is 0 Å². The molecular weight excluding hydrogens is 254 g/mol. The van der Waals surface area contributed by atoms with E-state index in [0.717, 1.165) is 32.4 Å². The zero-order valence-corrected chi connectivity index (χ0v) is 11.6. The summed E-state index contributed by atoms with van der Waals surface area (Å²) in [5.41, 5.74) is 7.09. The van der Waals surface area contributed by atoms with Crippen LogP contribution >= 0.6 is 0 Å². The molecule has 2 N–H and O–H groups in total. The Kier molecular flexibility index (Phi) is 3.22. The standard InChI is InChI=1S/C15H19N3O2/c1-17-8-3-4-10(7-9-17)18-14(19)11-5-2-6-12(16)13(11)15(18)20/h2,5-6,10H,3-4,7-9,16H2,1H3. The van der Waals surface area contributed by atoms with Gasteiger partial charge in [-0.15, -0.1) is 0 Å². The lowest BCUT2D eigenvalue weighted by atomic mass is 10.1. The largest absolute Gasteiger partial charge is 0.398 e. The first-order valence-electron chi connectivity index (χ1n) is 7.04. The molecule has 106 valence electrons. The first-order valence-corrected chi connectivity index (χ1v) is 7.04. The van der Waals surface area contributed by atoms with Crippen molar-refractivity contribution in [1.82, 2.24) is 9.80 Å². The number of carbonyl (C=O) groups excluding carboxylic acids is 2. The fourth-order valence-corrected chi connectivity index (χ4v) is 3.14. The minimum absolute atomic E-state index is 0.00764. The highest BCUT2D eigenvalue weighted by Crippen LogP contribution is 2.31. The Balaban J connectivity index is 1.91. The van der Waals surface area contributed by atoms with Crippen LogP contribution in [0.3, 0.4) is 0 Å². The summed E-state index contributed by atoms with van der Waals surface area (Å²) in [5.74, 6) is -0.412. The molecule has 0 radical (unpaired) electrons. The third kappa shape index (κ3) is 1.98. The number of rotatable bonds is 1. The lowest BCUT2D eigenvalue weighted by Crippen LogP contribution is -2.40. The van der Waals surface area contributed by atoms with E-state index in [1.54, 1.807) is 18.2 Å². The van der Waals surface area contributed by atoms with Crippen LogP contribution in [0.1, 0.15) is 40.0 Å². The Morgan fingerprint density at radius 1 is 1.15 bits per heavy atom. The van der Waals surface area contributed by atoms with Gasteiger partial charge in [-0.2, -0.15) is 0 Å². The second-order valence-electron chi connectivity index (χ2n) is 5.64. The van der Waals surface area contributed by atoms with Gasteiger partial charge in [0.15, 0.2) is 0 Å². The van der Waals surface area contributed by atoms with E-state index in [9.17, 15) is 9.59 Å². The molecule has 0 spiro atoms. The number of anilines is 1. The van der Waals surface area contributed by atoms with E-state index >= 15 is 0 Å². The number of nitrogen functional groups attached to an aromatic ring is 1. The van der Waals surface area contributed by atoms with Crippen molar-refractivity contribution in [3.63, 3.8) is 0 Å². The molecule has 2 heterocycles.